The SMILES string of the molecule is O=C(NNC(=O)c1ccc[nH]1)c1csc(-c2ccsc2)n1. The molecule has 2 amide bonds. The summed E-state index contributed by atoms with van der Waals surface area (Å²) in [5.74, 6) is -0.866. The van der Waals surface area contributed by atoms with Gasteiger partial charge in [0.25, 0.3) is 11.8 Å². The molecule has 0 aliphatic rings. The Kier molecular flexibility index (Phi) is 3.80. The second-order valence-corrected chi connectivity index (χ2v) is 5.68. The molecule has 0 aromatic carbocycles. The number of nitrogens with one attached hydrogen (secondary N) is 3. The number of thiazole rings is 1. The molecule has 0 bridgehead atoms. The predicted molar refractivity (Wildman–Crippen MR) is 81.2 cm³/mol. The molecule has 3 aromatic heterocycles. The summed E-state index contributed by atoms with van der Waals surface area (Å²) in [5.41, 5.74) is 6.28. The summed E-state index contributed by atoms with van der Waals surface area (Å²) in [6.07, 6.45) is 1.63. The van der Waals surface area contributed by atoms with Crippen molar-refractivity contribution >= 4 is 34.5 Å². The molecule has 0 fully saturated rings. The van der Waals surface area contributed by atoms with Gasteiger partial charge in [0.1, 0.15) is 16.4 Å². The van der Waals surface area contributed by atoms with E-state index in [0.29, 0.717) is 5.69 Å². The molecule has 106 valence electrons. The van der Waals surface area contributed by atoms with Gasteiger partial charge in [-0.15, -0.1) is 11.3 Å². The van der Waals surface area contributed by atoms with Gasteiger partial charge in [-0.3, -0.25) is 20.4 Å². The lowest BCUT2D eigenvalue weighted by Gasteiger charge is -2.04. The maximum Gasteiger partial charge on any atom is 0.289 e. The lowest BCUT2D eigenvalue weighted by Crippen LogP contribution is -2.41. The molecular formula is C13H10N4O2S2. The third kappa shape index (κ3) is 3.01. The fourth-order valence-electron chi connectivity index (χ4n) is 1.61. The predicted octanol–water partition coefficient (Wildman–Crippen LogP) is 2.27. The van der Waals surface area contributed by atoms with Crippen LogP contribution in [0.4, 0.5) is 0 Å². The van der Waals surface area contributed by atoms with Gasteiger partial charge >= 0.3 is 0 Å². The molecule has 3 N–H and O–H groups in total. The molecule has 0 spiro atoms. The van der Waals surface area contributed by atoms with Crippen molar-refractivity contribution < 1.29 is 9.59 Å². The summed E-state index contributed by atoms with van der Waals surface area (Å²) in [4.78, 5) is 30.6. The molecule has 0 aliphatic heterocycles. The van der Waals surface area contributed by atoms with Crippen molar-refractivity contribution in [2.45, 2.75) is 0 Å². The zero-order valence-electron chi connectivity index (χ0n) is 10.6. The summed E-state index contributed by atoms with van der Waals surface area (Å²) in [6.45, 7) is 0. The Hall–Kier alpha value is -2.45. The second kappa shape index (κ2) is 5.90. The third-order valence-corrected chi connectivity index (χ3v) is 4.21. The molecule has 8 heteroatoms. The van der Waals surface area contributed by atoms with Crippen LogP contribution in [0.25, 0.3) is 10.6 Å². The van der Waals surface area contributed by atoms with Gasteiger partial charge in [0.15, 0.2) is 0 Å². The van der Waals surface area contributed by atoms with E-state index in [2.05, 4.69) is 20.8 Å². The number of aromatic amines is 1. The van der Waals surface area contributed by atoms with Gasteiger partial charge in [0.2, 0.25) is 0 Å². The molecule has 0 radical (unpaired) electrons. The molecule has 6 nitrogen and oxygen atoms in total. The molecule has 0 saturated carbocycles. The Morgan fingerprint density at radius 2 is 2.00 bits per heavy atom. The van der Waals surface area contributed by atoms with Crippen molar-refractivity contribution in [3.63, 3.8) is 0 Å². The van der Waals surface area contributed by atoms with Crippen LogP contribution in [0, 0.1) is 0 Å². The molecule has 0 aliphatic carbocycles. The van der Waals surface area contributed by atoms with Crippen molar-refractivity contribution in [1.29, 1.82) is 0 Å². The Balaban J connectivity index is 1.62. The average Bonchev–Trinajstić information content (AvgIpc) is 3.25. The summed E-state index contributed by atoms with van der Waals surface area (Å²) < 4.78 is 0. The van der Waals surface area contributed by atoms with E-state index in [0.717, 1.165) is 10.6 Å². The highest BCUT2D eigenvalue weighted by atomic mass is 32.1. The molecule has 3 aromatic rings. The third-order valence-electron chi connectivity index (χ3n) is 2.64. The van der Waals surface area contributed by atoms with Crippen molar-refractivity contribution in [1.82, 2.24) is 20.8 Å². The van der Waals surface area contributed by atoms with Crippen LogP contribution in [0.2, 0.25) is 0 Å². The van der Waals surface area contributed by atoms with Crippen LogP contribution in [0.1, 0.15) is 21.0 Å². The van der Waals surface area contributed by atoms with Crippen LogP contribution in [0.3, 0.4) is 0 Å². The molecule has 0 saturated heterocycles. The molecule has 3 rings (SSSR count). The number of hydrogen-bond donors (Lipinski definition) is 3. The highest BCUT2D eigenvalue weighted by Gasteiger charge is 2.13. The maximum absolute atomic E-state index is 11.9. The molecule has 0 unspecified atom stereocenters. The Morgan fingerprint density at radius 1 is 1.14 bits per heavy atom. The minimum Gasteiger partial charge on any atom is -0.357 e. The first-order chi connectivity index (χ1) is 10.2. The second-order valence-electron chi connectivity index (χ2n) is 4.04. The van der Waals surface area contributed by atoms with E-state index in [1.54, 1.807) is 35.0 Å². The number of hydrogen-bond acceptors (Lipinski definition) is 5. The number of carbonyl (C=O) groups is 2. The number of nitrogens with zero attached hydrogens (tertiary/aromatic N) is 1. The standard InChI is InChI=1S/C13H10N4O2S2/c18-11(9-2-1-4-14-9)16-17-12(19)10-7-21-13(15-10)8-3-5-20-6-8/h1-7,14H,(H,16,18)(H,17,19). The minimum atomic E-state index is -0.451. The van der Waals surface area contributed by atoms with Gasteiger partial charge in [0.05, 0.1) is 0 Å². The van der Waals surface area contributed by atoms with Crippen LogP contribution in [-0.2, 0) is 0 Å². The van der Waals surface area contributed by atoms with Crippen molar-refractivity contribution in [2.24, 2.45) is 0 Å². The van der Waals surface area contributed by atoms with Gasteiger partial charge < -0.3 is 4.98 Å². The quantitative estimate of drug-likeness (QED) is 0.647. The maximum atomic E-state index is 11.9. The van der Waals surface area contributed by atoms with E-state index >= 15 is 0 Å². The largest absolute Gasteiger partial charge is 0.357 e. The lowest BCUT2D eigenvalue weighted by molar-refractivity contribution is 0.0842. The van der Waals surface area contributed by atoms with Crippen LogP contribution in [0.5, 0.6) is 0 Å². The number of rotatable bonds is 3. The van der Waals surface area contributed by atoms with Crippen LogP contribution < -0.4 is 10.9 Å². The number of amides is 2. The first-order valence-electron chi connectivity index (χ1n) is 5.96. The lowest BCUT2D eigenvalue weighted by atomic mass is 10.3. The van der Waals surface area contributed by atoms with E-state index < -0.39 is 11.8 Å². The van der Waals surface area contributed by atoms with E-state index in [4.69, 9.17) is 0 Å². The molecule has 3 heterocycles. The minimum absolute atomic E-state index is 0.271. The van der Waals surface area contributed by atoms with Gasteiger partial charge in [-0.2, -0.15) is 11.3 Å². The van der Waals surface area contributed by atoms with Crippen molar-refractivity contribution in [3.8, 4) is 10.6 Å². The highest BCUT2D eigenvalue weighted by molar-refractivity contribution is 7.14. The Labute approximate surface area is 127 Å². The first kappa shape index (κ1) is 13.5. The zero-order valence-corrected chi connectivity index (χ0v) is 12.3. The molecule has 21 heavy (non-hydrogen) atoms. The number of thiophene rings is 1. The zero-order chi connectivity index (χ0) is 14.7. The highest BCUT2D eigenvalue weighted by Crippen LogP contribution is 2.25. The number of hydrazine groups is 1. The van der Waals surface area contributed by atoms with Gasteiger partial charge in [-0.25, -0.2) is 4.98 Å². The average molecular weight is 318 g/mol. The normalized spacial score (nSPS) is 10.3. The van der Waals surface area contributed by atoms with E-state index in [1.807, 2.05) is 16.8 Å². The van der Waals surface area contributed by atoms with Crippen LogP contribution in [-0.4, -0.2) is 21.8 Å². The summed E-state index contributed by atoms with van der Waals surface area (Å²) in [7, 11) is 0. The molecule has 0 atom stereocenters. The topological polar surface area (TPSA) is 86.9 Å². The van der Waals surface area contributed by atoms with E-state index in [-0.39, 0.29) is 5.69 Å². The van der Waals surface area contributed by atoms with Crippen molar-refractivity contribution in [2.75, 3.05) is 0 Å². The Bertz CT molecular complexity index is 747. The summed E-state index contributed by atoms with van der Waals surface area (Å²) in [6, 6.07) is 5.25. The Morgan fingerprint density at radius 3 is 2.71 bits per heavy atom. The molecular weight excluding hydrogens is 308 g/mol. The van der Waals surface area contributed by atoms with Crippen molar-refractivity contribution in [3.05, 3.63) is 51.9 Å². The summed E-state index contributed by atoms with van der Waals surface area (Å²) in [5, 5.41) is 6.35. The van der Waals surface area contributed by atoms with Gasteiger partial charge in [0, 0.05) is 22.5 Å². The fourth-order valence-corrected chi connectivity index (χ4v) is 3.13. The number of carbonyl (C=O) groups excluding carboxylic acids is 2. The fraction of sp³-hybridized carbons (Fsp3) is 0. The smallest absolute Gasteiger partial charge is 0.289 e. The number of aromatic nitrogens is 2. The summed E-state index contributed by atoms with van der Waals surface area (Å²) >= 11 is 2.95. The van der Waals surface area contributed by atoms with Gasteiger partial charge in [-0.05, 0) is 23.6 Å². The first-order valence-corrected chi connectivity index (χ1v) is 7.78. The van der Waals surface area contributed by atoms with E-state index in [1.165, 1.54) is 11.3 Å². The van der Waals surface area contributed by atoms with E-state index in [9.17, 15) is 9.59 Å². The number of H-pyrrole nitrogens is 1. The van der Waals surface area contributed by atoms with Gasteiger partial charge in [-0.1, -0.05) is 0 Å². The van der Waals surface area contributed by atoms with Crippen LogP contribution in [0.15, 0.2) is 40.5 Å². The van der Waals surface area contributed by atoms with Crippen LogP contribution >= 0.6 is 22.7 Å². The monoisotopic (exact) mass is 318 g/mol.